The van der Waals surface area contributed by atoms with Gasteiger partial charge in [-0.2, -0.15) is 0 Å². The molecule has 0 aromatic heterocycles. The van der Waals surface area contributed by atoms with Crippen molar-refractivity contribution in [2.45, 2.75) is 106 Å². The zero-order chi connectivity index (χ0) is 42.0. The van der Waals surface area contributed by atoms with E-state index in [1.807, 2.05) is 18.7 Å². The van der Waals surface area contributed by atoms with Crippen molar-refractivity contribution < 1.29 is 58.9 Å². The molecule has 2 aromatic rings. The fourth-order valence-corrected chi connectivity index (χ4v) is 7.61. The molecule has 0 radical (unpaired) electrons. The maximum absolute atomic E-state index is 14.4. The summed E-state index contributed by atoms with van der Waals surface area (Å²) in [5.74, 6) is -7.91. The molecule has 0 saturated heterocycles. The minimum absolute atomic E-state index is 0.0541. The van der Waals surface area contributed by atoms with Gasteiger partial charge in [0.15, 0.2) is 5.75 Å². The summed E-state index contributed by atoms with van der Waals surface area (Å²) in [6, 6.07) is 0. The number of rotatable bonds is 6. The lowest BCUT2D eigenvalue weighted by Crippen LogP contribution is -2.46. The van der Waals surface area contributed by atoms with Gasteiger partial charge in [0.1, 0.15) is 23.4 Å². The fourth-order valence-electron chi connectivity index (χ4n) is 7.61. The molecule has 3 aliphatic rings. The van der Waals surface area contributed by atoms with Gasteiger partial charge in [-0.1, -0.05) is 59.8 Å². The predicted octanol–water partition coefficient (Wildman–Crippen LogP) is 5.60. The van der Waals surface area contributed by atoms with Gasteiger partial charge in [-0.15, -0.1) is 0 Å². The number of carbonyl (C=O) groups is 3. The van der Waals surface area contributed by atoms with Crippen molar-refractivity contribution in [2.24, 2.45) is 23.7 Å². The first-order valence-corrected chi connectivity index (χ1v) is 19.0. The molecule has 14 heteroatoms. The average Bonchev–Trinajstić information content (AvgIpc) is 3.43. The highest BCUT2D eigenvalue weighted by Crippen LogP contribution is 2.55. The van der Waals surface area contributed by atoms with Crippen LogP contribution in [0.25, 0.3) is 10.8 Å². The van der Waals surface area contributed by atoms with Crippen LogP contribution in [0, 0.1) is 30.6 Å². The molecule has 0 unspecified atom stereocenters. The SMILES string of the molecule is CCN(CC)Cc1c2c(O)c3c(O)c(C)c4c(c3c1O)C(=O)[C@@](C)(OC=C[C@H](OC)[C@H](C)[C@H](OC(C)=O)[C@H](C)[C@H](O)[C@H](C)[C@@H](O)[C@@H](C)C=CC=C(C)C(=O)N2)O4. The van der Waals surface area contributed by atoms with E-state index in [0.29, 0.717) is 13.1 Å². The number of carbonyl (C=O) groups excluding carboxylic acids is 3. The molecule has 3 aliphatic heterocycles. The van der Waals surface area contributed by atoms with Crippen LogP contribution in [-0.4, -0.2) is 98.5 Å². The van der Waals surface area contributed by atoms with Gasteiger partial charge in [0.05, 0.1) is 41.2 Å². The third kappa shape index (κ3) is 8.38. The molecule has 3 heterocycles. The minimum atomic E-state index is -2.01. The van der Waals surface area contributed by atoms with Gasteiger partial charge in [-0.05, 0) is 33.0 Å². The van der Waals surface area contributed by atoms with E-state index in [4.69, 9.17) is 18.9 Å². The number of aromatic hydroxyl groups is 3. The molecule has 0 aliphatic carbocycles. The lowest BCUT2D eigenvalue weighted by atomic mass is 9.78. The van der Waals surface area contributed by atoms with Crippen LogP contribution in [0.15, 0.2) is 36.1 Å². The van der Waals surface area contributed by atoms with E-state index in [9.17, 15) is 39.9 Å². The van der Waals surface area contributed by atoms with Crippen molar-refractivity contribution in [2.75, 3.05) is 25.5 Å². The number of phenolic OH excluding ortho intramolecular Hbond substituents is 3. The van der Waals surface area contributed by atoms with E-state index in [2.05, 4.69) is 5.32 Å². The molecule has 308 valence electrons. The Kier molecular flexibility index (Phi) is 13.9. The number of Topliss-reactive ketones (excluding diaryl/α,β-unsaturated/α-hetero) is 1. The monoisotopic (exact) mass is 782 g/mol. The third-order valence-corrected chi connectivity index (χ3v) is 11.4. The smallest absolute Gasteiger partial charge is 0.312 e. The number of aliphatic hydroxyl groups excluding tert-OH is 2. The van der Waals surface area contributed by atoms with Crippen LogP contribution in [0.1, 0.15) is 83.8 Å². The molecule has 5 bridgehead atoms. The van der Waals surface area contributed by atoms with E-state index in [1.54, 1.807) is 46.8 Å². The number of hydrogen-bond donors (Lipinski definition) is 6. The van der Waals surface area contributed by atoms with Crippen LogP contribution < -0.4 is 10.1 Å². The van der Waals surface area contributed by atoms with Gasteiger partial charge < -0.3 is 49.8 Å². The predicted molar refractivity (Wildman–Crippen MR) is 210 cm³/mol. The number of fused-ring (bicyclic) bond motifs is 14. The molecule has 5 rings (SSSR count). The summed E-state index contributed by atoms with van der Waals surface area (Å²) in [6.45, 7) is 17.6. The third-order valence-electron chi connectivity index (χ3n) is 11.4. The quantitative estimate of drug-likeness (QED) is 0.120. The molecule has 2 aromatic carbocycles. The van der Waals surface area contributed by atoms with Crippen LogP contribution in [-0.2, 0) is 30.3 Å². The molecule has 0 spiro atoms. The van der Waals surface area contributed by atoms with Crippen molar-refractivity contribution >= 4 is 34.1 Å². The summed E-state index contributed by atoms with van der Waals surface area (Å²) < 4.78 is 23.6. The summed E-state index contributed by atoms with van der Waals surface area (Å²) in [5.41, 5.74) is 0.117. The number of aliphatic hydroxyl groups is 2. The minimum Gasteiger partial charge on any atom is -0.507 e. The summed E-state index contributed by atoms with van der Waals surface area (Å²) >= 11 is 0. The highest BCUT2D eigenvalue weighted by atomic mass is 16.7. The summed E-state index contributed by atoms with van der Waals surface area (Å²) in [4.78, 5) is 42.3. The van der Waals surface area contributed by atoms with Crippen LogP contribution in [0.3, 0.4) is 0 Å². The van der Waals surface area contributed by atoms with E-state index in [1.165, 1.54) is 46.3 Å². The Hall–Kier alpha value is -4.63. The molecule has 0 saturated carbocycles. The number of benzene rings is 2. The Bertz CT molecular complexity index is 1920. The zero-order valence-corrected chi connectivity index (χ0v) is 34.2. The normalized spacial score (nSPS) is 29.0. The molecular weight excluding hydrogens is 724 g/mol. The number of hydrogen-bond acceptors (Lipinski definition) is 13. The lowest BCUT2D eigenvalue weighted by molar-refractivity contribution is -0.160. The Morgan fingerprint density at radius 1 is 0.929 bits per heavy atom. The van der Waals surface area contributed by atoms with Crippen LogP contribution in [0.2, 0.25) is 0 Å². The molecule has 56 heavy (non-hydrogen) atoms. The number of phenols is 3. The van der Waals surface area contributed by atoms with Crippen LogP contribution >= 0.6 is 0 Å². The van der Waals surface area contributed by atoms with E-state index in [0.717, 1.165) is 0 Å². The van der Waals surface area contributed by atoms with E-state index < -0.39 is 88.8 Å². The Morgan fingerprint density at radius 2 is 1.57 bits per heavy atom. The van der Waals surface area contributed by atoms with Gasteiger partial charge in [-0.3, -0.25) is 19.3 Å². The summed E-state index contributed by atoms with van der Waals surface area (Å²) in [5, 5.41) is 60.5. The highest BCUT2D eigenvalue weighted by molar-refractivity contribution is 6.22. The number of allylic oxidation sites excluding steroid dienone is 2. The Morgan fingerprint density at radius 3 is 2.16 bits per heavy atom. The number of ketones is 1. The number of ether oxygens (including phenoxy) is 4. The van der Waals surface area contributed by atoms with Crippen molar-refractivity contribution in [1.82, 2.24) is 4.90 Å². The number of methoxy groups -OCH3 is 1. The topological polar surface area (TPSA) is 205 Å². The van der Waals surface area contributed by atoms with Gasteiger partial charge in [0.2, 0.25) is 0 Å². The fraction of sp³-hybridized carbons (Fsp3) is 0.548. The van der Waals surface area contributed by atoms with Gasteiger partial charge in [-0.25, -0.2) is 0 Å². The van der Waals surface area contributed by atoms with E-state index >= 15 is 0 Å². The second-order valence-electron chi connectivity index (χ2n) is 15.1. The van der Waals surface area contributed by atoms with Crippen molar-refractivity contribution in [1.29, 1.82) is 0 Å². The number of esters is 1. The number of nitrogens with zero attached hydrogens (tertiary/aromatic N) is 1. The van der Waals surface area contributed by atoms with E-state index in [-0.39, 0.29) is 51.0 Å². The first kappa shape index (κ1) is 44.1. The molecular formula is C42H58N2O12. The molecule has 9 atom stereocenters. The number of nitrogens with one attached hydrogen (secondary N) is 1. The molecule has 0 fully saturated rings. The first-order valence-electron chi connectivity index (χ1n) is 19.0. The second kappa shape index (κ2) is 17.7. The maximum atomic E-state index is 14.4. The largest absolute Gasteiger partial charge is 0.507 e. The standard InChI is InChI=1S/C42H58N2O12/c1-12-44(13-2)19-27-32-37(50)30-29(36(27)49)31-39(25(8)35(30)48)56-42(10,40(31)51)54-18-17-28(53-11)22(5)38(55-26(9)45)24(7)34(47)23(6)33(46)20(3)15-14-16-21(4)41(52)43-32/h14-18,20,22-24,28,33-34,38,46-50H,12-13,19H2,1-11H3,(H,43,52)/t20-,22-,23+,24+,28-,33-,34+,38-,42-/m0/s1. The second-order valence-corrected chi connectivity index (χ2v) is 15.1. The zero-order valence-electron chi connectivity index (χ0n) is 34.2. The maximum Gasteiger partial charge on any atom is 0.312 e. The lowest BCUT2D eigenvalue weighted by Gasteiger charge is -2.38. The summed E-state index contributed by atoms with van der Waals surface area (Å²) in [7, 11) is 1.44. The van der Waals surface area contributed by atoms with Crippen LogP contribution in [0.4, 0.5) is 5.69 Å². The van der Waals surface area contributed by atoms with Crippen molar-refractivity contribution in [3.8, 4) is 23.0 Å². The Balaban J connectivity index is 1.98. The Labute approximate surface area is 328 Å². The van der Waals surface area contributed by atoms with Crippen LogP contribution in [0.5, 0.6) is 23.0 Å². The average molecular weight is 783 g/mol. The summed E-state index contributed by atoms with van der Waals surface area (Å²) in [6.07, 6.45) is 3.69. The van der Waals surface area contributed by atoms with Gasteiger partial charge in [0.25, 0.3) is 11.7 Å². The van der Waals surface area contributed by atoms with Gasteiger partial charge >= 0.3 is 11.8 Å². The highest BCUT2D eigenvalue weighted by Gasteiger charge is 2.50. The van der Waals surface area contributed by atoms with Crippen molar-refractivity contribution in [3.05, 3.63) is 52.8 Å². The first-order chi connectivity index (χ1) is 26.3. The number of amides is 1. The number of anilines is 1. The van der Waals surface area contributed by atoms with Crippen molar-refractivity contribution in [3.63, 3.8) is 0 Å². The molecule has 1 amide bonds. The van der Waals surface area contributed by atoms with Gasteiger partial charge in [0, 0.05) is 73.3 Å². The molecule has 14 nitrogen and oxygen atoms in total. The molecule has 6 N–H and O–H groups in total.